The molecule has 6 nitrogen and oxygen atoms in total. The van der Waals surface area contributed by atoms with Crippen molar-refractivity contribution >= 4 is 33.2 Å². The molecule has 0 fully saturated rings. The molecule has 3 heterocycles. The molecule has 0 saturated carbocycles. The van der Waals surface area contributed by atoms with Crippen molar-refractivity contribution in [1.29, 1.82) is 0 Å². The lowest BCUT2D eigenvalue weighted by Crippen LogP contribution is -2.33. The van der Waals surface area contributed by atoms with E-state index >= 15 is 0 Å². The molecular formula is C20H15ClFN3O3S. The van der Waals surface area contributed by atoms with E-state index in [9.17, 15) is 14.0 Å². The zero-order chi connectivity index (χ0) is 20.9. The molecule has 0 saturated heterocycles. The van der Waals surface area contributed by atoms with E-state index in [-0.39, 0.29) is 10.8 Å². The number of hydrogen-bond acceptors (Lipinski definition) is 5. The molecule has 0 bridgehead atoms. The lowest BCUT2D eigenvalue weighted by Gasteiger charge is -2.09. The Morgan fingerprint density at radius 3 is 2.69 bits per heavy atom. The van der Waals surface area contributed by atoms with Crippen molar-refractivity contribution in [1.82, 2.24) is 14.5 Å². The van der Waals surface area contributed by atoms with Gasteiger partial charge in [-0.15, -0.1) is 11.3 Å². The smallest absolute Gasteiger partial charge is 0.333 e. The SMILES string of the molecule is COc1cc(-c2cc3[nH]c(=O)n(-c4cncc(C)c4C)c(=O)c3s2)c(Cl)cc1F. The molecule has 148 valence electrons. The largest absolute Gasteiger partial charge is 0.494 e. The van der Waals surface area contributed by atoms with E-state index in [0.29, 0.717) is 26.3 Å². The van der Waals surface area contributed by atoms with E-state index in [0.717, 1.165) is 33.1 Å². The first-order chi connectivity index (χ1) is 13.8. The summed E-state index contributed by atoms with van der Waals surface area (Å²) in [6.07, 6.45) is 3.16. The molecule has 3 aromatic heterocycles. The summed E-state index contributed by atoms with van der Waals surface area (Å²) in [6.45, 7) is 3.68. The van der Waals surface area contributed by atoms with Gasteiger partial charge < -0.3 is 9.72 Å². The number of rotatable bonds is 3. The van der Waals surface area contributed by atoms with Crippen LogP contribution in [0.25, 0.3) is 26.3 Å². The summed E-state index contributed by atoms with van der Waals surface area (Å²) in [4.78, 5) is 33.2. The van der Waals surface area contributed by atoms with Crippen LogP contribution in [-0.2, 0) is 0 Å². The van der Waals surface area contributed by atoms with Crippen LogP contribution in [0.2, 0.25) is 5.02 Å². The van der Waals surface area contributed by atoms with E-state index in [4.69, 9.17) is 16.3 Å². The van der Waals surface area contributed by atoms with Crippen LogP contribution in [0.1, 0.15) is 11.1 Å². The third-order valence-corrected chi connectivity index (χ3v) is 6.23. The molecule has 4 aromatic rings. The number of nitrogens with zero attached hydrogens (tertiary/aromatic N) is 2. The molecule has 4 rings (SSSR count). The monoisotopic (exact) mass is 431 g/mol. The average molecular weight is 432 g/mol. The zero-order valence-corrected chi connectivity index (χ0v) is 17.2. The van der Waals surface area contributed by atoms with Gasteiger partial charge in [-0.1, -0.05) is 11.6 Å². The summed E-state index contributed by atoms with van der Waals surface area (Å²) in [6, 6.07) is 4.27. The Morgan fingerprint density at radius 1 is 1.21 bits per heavy atom. The lowest BCUT2D eigenvalue weighted by atomic mass is 10.1. The molecular weight excluding hydrogens is 417 g/mol. The first-order valence-electron chi connectivity index (χ1n) is 8.55. The summed E-state index contributed by atoms with van der Waals surface area (Å²) < 4.78 is 20.3. The van der Waals surface area contributed by atoms with Gasteiger partial charge in [0.05, 0.1) is 29.5 Å². The second kappa shape index (κ2) is 7.13. The number of halogens is 2. The number of pyridine rings is 1. The minimum atomic E-state index is -0.583. The highest BCUT2D eigenvalue weighted by Gasteiger charge is 2.18. The molecule has 0 spiro atoms. The minimum Gasteiger partial charge on any atom is -0.494 e. The normalized spacial score (nSPS) is 11.2. The van der Waals surface area contributed by atoms with E-state index in [1.807, 2.05) is 13.8 Å². The summed E-state index contributed by atoms with van der Waals surface area (Å²) in [7, 11) is 1.36. The number of aryl methyl sites for hydroxylation is 1. The molecule has 0 amide bonds. The van der Waals surface area contributed by atoms with Crippen LogP contribution >= 0.6 is 22.9 Å². The number of ether oxygens (including phenoxy) is 1. The Hall–Kier alpha value is -2.97. The highest BCUT2D eigenvalue weighted by Crippen LogP contribution is 2.38. The van der Waals surface area contributed by atoms with Crippen molar-refractivity contribution in [2.45, 2.75) is 13.8 Å². The molecule has 9 heteroatoms. The van der Waals surface area contributed by atoms with Gasteiger partial charge >= 0.3 is 5.69 Å². The van der Waals surface area contributed by atoms with E-state index in [1.54, 1.807) is 12.3 Å². The number of H-pyrrole nitrogens is 1. The fraction of sp³-hybridized carbons (Fsp3) is 0.150. The Balaban J connectivity index is 1.98. The van der Waals surface area contributed by atoms with E-state index in [1.165, 1.54) is 19.4 Å². The molecule has 0 atom stereocenters. The Kier molecular flexibility index (Phi) is 4.76. The van der Waals surface area contributed by atoms with Crippen LogP contribution < -0.4 is 16.0 Å². The summed E-state index contributed by atoms with van der Waals surface area (Å²) in [5, 5.41) is 0.177. The maximum atomic E-state index is 13.9. The Bertz CT molecular complexity index is 1390. The maximum absolute atomic E-state index is 13.9. The van der Waals surface area contributed by atoms with Gasteiger partial charge in [0.1, 0.15) is 4.70 Å². The number of aromatic amines is 1. The number of nitrogens with one attached hydrogen (secondary N) is 1. The van der Waals surface area contributed by atoms with Gasteiger partial charge in [0.25, 0.3) is 5.56 Å². The highest BCUT2D eigenvalue weighted by molar-refractivity contribution is 7.22. The van der Waals surface area contributed by atoms with Crippen LogP contribution in [0, 0.1) is 19.7 Å². The van der Waals surface area contributed by atoms with Gasteiger partial charge in [-0.2, -0.15) is 0 Å². The summed E-state index contributed by atoms with van der Waals surface area (Å²) in [5.74, 6) is -0.547. The Morgan fingerprint density at radius 2 is 1.97 bits per heavy atom. The number of methoxy groups -OCH3 is 1. The summed E-state index contributed by atoms with van der Waals surface area (Å²) in [5.41, 5.74) is 1.95. The Labute approximate surface area is 173 Å². The molecule has 1 N–H and O–H groups in total. The number of hydrogen-bond donors (Lipinski definition) is 1. The third-order valence-electron chi connectivity index (χ3n) is 4.76. The molecule has 29 heavy (non-hydrogen) atoms. The predicted molar refractivity (Wildman–Crippen MR) is 112 cm³/mol. The second-order valence-electron chi connectivity index (χ2n) is 6.49. The lowest BCUT2D eigenvalue weighted by molar-refractivity contribution is 0.387. The van der Waals surface area contributed by atoms with E-state index in [2.05, 4.69) is 9.97 Å². The number of fused-ring (bicyclic) bond motifs is 1. The van der Waals surface area contributed by atoms with Gasteiger partial charge in [-0.25, -0.2) is 13.8 Å². The van der Waals surface area contributed by atoms with Crippen LogP contribution in [0.15, 0.2) is 40.2 Å². The van der Waals surface area contributed by atoms with Crippen molar-refractivity contribution in [2.24, 2.45) is 0 Å². The molecule has 0 aliphatic heterocycles. The van der Waals surface area contributed by atoms with Crippen molar-refractivity contribution in [2.75, 3.05) is 7.11 Å². The molecule has 0 aliphatic rings. The first-order valence-corrected chi connectivity index (χ1v) is 9.75. The standard InChI is InChI=1S/C20H15ClFN3O3S/c1-9-7-23-8-15(10(9)2)25-19(26)18-14(24-20(25)27)6-17(29-18)11-4-16(28-3)13(22)5-12(11)21/h4-8H,1-3H3,(H,24,27). The van der Waals surface area contributed by atoms with Crippen LogP contribution in [0.5, 0.6) is 5.75 Å². The topological polar surface area (TPSA) is 77.0 Å². The predicted octanol–water partition coefficient (Wildman–Crippen LogP) is 4.22. The number of aromatic nitrogens is 3. The first kappa shape index (κ1) is 19.4. The fourth-order valence-corrected chi connectivity index (χ4v) is 4.46. The van der Waals surface area contributed by atoms with Gasteiger partial charge in [0.2, 0.25) is 0 Å². The quantitative estimate of drug-likeness (QED) is 0.527. The van der Waals surface area contributed by atoms with Crippen molar-refractivity contribution < 1.29 is 9.13 Å². The fourth-order valence-electron chi connectivity index (χ4n) is 3.07. The van der Waals surface area contributed by atoms with Crippen molar-refractivity contribution in [3.63, 3.8) is 0 Å². The number of benzene rings is 1. The van der Waals surface area contributed by atoms with Gasteiger partial charge in [-0.3, -0.25) is 9.78 Å². The maximum Gasteiger partial charge on any atom is 0.333 e. The minimum absolute atomic E-state index is 0.0363. The van der Waals surface area contributed by atoms with Crippen molar-refractivity contribution in [3.8, 4) is 21.9 Å². The molecule has 0 radical (unpaired) electrons. The van der Waals surface area contributed by atoms with Gasteiger partial charge in [0.15, 0.2) is 11.6 Å². The second-order valence-corrected chi connectivity index (χ2v) is 7.95. The van der Waals surface area contributed by atoms with Crippen LogP contribution in [0.3, 0.4) is 0 Å². The van der Waals surface area contributed by atoms with Gasteiger partial charge in [-0.05, 0) is 43.2 Å². The third kappa shape index (κ3) is 3.14. The van der Waals surface area contributed by atoms with Crippen LogP contribution in [0.4, 0.5) is 4.39 Å². The van der Waals surface area contributed by atoms with Crippen molar-refractivity contribution in [3.05, 3.63) is 73.4 Å². The van der Waals surface area contributed by atoms with E-state index < -0.39 is 17.1 Å². The summed E-state index contributed by atoms with van der Waals surface area (Å²) >= 11 is 7.36. The molecule has 1 aromatic carbocycles. The average Bonchev–Trinajstić information content (AvgIpc) is 3.09. The van der Waals surface area contributed by atoms with Gasteiger partial charge in [0, 0.05) is 16.6 Å². The number of thiophene rings is 1. The van der Waals surface area contributed by atoms with Crippen LogP contribution in [-0.4, -0.2) is 21.6 Å². The molecule has 0 unspecified atom stereocenters. The molecule has 0 aliphatic carbocycles. The zero-order valence-electron chi connectivity index (χ0n) is 15.7. The highest BCUT2D eigenvalue weighted by atomic mass is 35.5.